The van der Waals surface area contributed by atoms with Gasteiger partial charge in [-0.25, -0.2) is 0 Å². The molecule has 3 nitrogen and oxygen atoms in total. The van der Waals surface area contributed by atoms with Crippen LogP contribution in [0.25, 0.3) is 6.08 Å². The highest BCUT2D eigenvalue weighted by molar-refractivity contribution is 5.89. The molecule has 2 saturated heterocycles. The van der Waals surface area contributed by atoms with Crippen LogP contribution in [-0.4, -0.2) is 36.5 Å². The van der Waals surface area contributed by atoms with Gasteiger partial charge in [0, 0.05) is 12.6 Å². The summed E-state index contributed by atoms with van der Waals surface area (Å²) < 4.78 is 0. The quantitative estimate of drug-likeness (QED) is 0.865. The summed E-state index contributed by atoms with van der Waals surface area (Å²) in [6.45, 7) is 9.68. The number of carbonyl (C=O) groups is 1. The zero-order valence-corrected chi connectivity index (χ0v) is 14.5. The van der Waals surface area contributed by atoms with Crippen molar-refractivity contribution in [1.29, 1.82) is 0 Å². The van der Waals surface area contributed by atoms with Gasteiger partial charge < -0.3 is 5.32 Å². The van der Waals surface area contributed by atoms with Crippen molar-refractivity contribution < 1.29 is 4.79 Å². The third-order valence-electron chi connectivity index (χ3n) is 5.44. The van der Waals surface area contributed by atoms with Gasteiger partial charge in [0.15, 0.2) is 0 Å². The SMILES string of the molecule is C/C(=C\c1ccccc1)CN1CCC(C2NC(=O)C2(C)C)CC1. The molecule has 0 spiro atoms. The fraction of sp³-hybridized carbons (Fsp3) is 0.550. The van der Waals surface area contributed by atoms with Crippen molar-refractivity contribution in [3.8, 4) is 0 Å². The molecule has 23 heavy (non-hydrogen) atoms. The number of piperidine rings is 1. The van der Waals surface area contributed by atoms with Crippen LogP contribution < -0.4 is 5.32 Å². The normalized spacial score (nSPS) is 25.8. The Bertz CT molecular complexity index is 583. The van der Waals surface area contributed by atoms with Crippen LogP contribution in [-0.2, 0) is 4.79 Å². The molecule has 0 saturated carbocycles. The maximum absolute atomic E-state index is 11.7. The Morgan fingerprint density at radius 2 is 1.91 bits per heavy atom. The summed E-state index contributed by atoms with van der Waals surface area (Å²) in [5, 5.41) is 3.12. The second kappa shape index (κ2) is 6.48. The molecule has 2 fully saturated rings. The van der Waals surface area contributed by atoms with Gasteiger partial charge in [-0.05, 0) is 58.2 Å². The van der Waals surface area contributed by atoms with E-state index >= 15 is 0 Å². The van der Waals surface area contributed by atoms with Gasteiger partial charge in [0.2, 0.25) is 5.91 Å². The van der Waals surface area contributed by atoms with E-state index in [-0.39, 0.29) is 11.3 Å². The average molecular weight is 312 g/mol. The number of amides is 1. The van der Waals surface area contributed by atoms with Crippen LogP contribution in [0.4, 0.5) is 0 Å². The molecule has 2 aliphatic rings. The van der Waals surface area contributed by atoms with E-state index in [1.165, 1.54) is 24.0 Å². The molecule has 3 rings (SSSR count). The maximum atomic E-state index is 11.7. The van der Waals surface area contributed by atoms with Gasteiger partial charge in [-0.1, -0.05) is 42.0 Å². The van der Waals surface area contributed by atoms with Crippen molar-refractivity contribution in [2.45, 2.75) is 39.7 Å². The molecule has 1 aromatic carbocycles. The Hall–Kier alpha value is -1.61. The van der Waals surface area contributed by atoms with Crippen molar-refractivity contribution in [1.82, 2.24) is 10.2 Å². The summed E-state index contributed by atoms with van der Waals surface area (Å²) in [5.41, 5.74) is 2.52. The first-order valence-corrected chi connectivity index (χ1v) is 8.72. The lowest BCUT2D eigenvalue weighted by Gasteiger charge is -2.50. The van der Waals surface area contributed by atoms with Crippen molar-refractivity contribution >= 4 is 12.0 Å². The van der Waals surface area contributed by atoms with E-state index in [2.05, 4.69) is 67.4 Å². The smallest absolute Gasteiger partial charge is 0.228 e. The number of carbonyl (C=O) groups excluding carboxylic acids is 1. The minimum absolute atomic E-state index is 0.171. The summed E-state index contributed by atoms with van der Waals surface area (Å²) >= 11 is 0. The van der Waals surface area contributed by atoms with Gasteiger partial charge in [-0.2, -0.15) is 0 Å². The van der Waals surface area contributed by atoms with Gasteiger partial charge in [0.05, 0.1) is 5.41 Å². The van der Waals surface area contributed by atoms with Crippen molar-refractivity contribution in [2.75, 3.05) is 19.6 Å². The number of likely N-dealkylation sites (tertiary alicyclic amines) is 1. The Labute approximate surface area is 139 Å². The molecule has 2 heterocycles. The van der Waals surface area contributed by atoms with Gasteiger partial charge in [0.1, 0.15) is 0 Å². The zero-order chi connectivity index (χ0) is 16.4. The first-order chi connectivity index (χ1) is 11.0. The van der Waals surface area contributed by atoms with E-state index < -0.39 is 0 Å². The van der Waals surface area contributed by atoms with Crippen LogP contribution in [0, 0.1) is 11.3 Å². The number of benzene rings is 1. The first-order valence-electron chi connectivity index (χ1n) is 8.72. The van der Waals surface area contributed by atoms with Crippen molar-refractivity contribution in [3.63, 3.8) is 0 Å². The molecule has 0 bridgehead atoms. The van der Waals surface area contributed by atoms with Crippen LogP contribution in [0.3, 0.4) is 0 Å². The largest absolute Gasteiger partial charge is 0.351 e. The van der Waals surface area contributed by atoms with E-state index in [1.54, 1.807) is 0 Å². The molecule has 1 amide bonds. The highest BCUT2D eigenvalue weighted by Crippen LogP contribution is 2.38. The number of hydrogen-bond acceptors (Lipinski definition) is 2. The molecular formula is C20H28N2O. The fourth-order valence-corrected chi connectivity index (χ4v) is 3.95. The molecule has 1 atom stereocenters. The predicted octanol–water partition coefficient (Wildman–Crippen LogP) is 3.33. The molecule has 124 valence electrons. The topological polar surface area (TPSA) is 32.3 Å². The van der Waals surface area contributed by atoms with E-state index in [0.717, 1.165) is 19.6 Å². The number of β-lactam (4-membered cyclic amide) rings is 1. The van der Waals surface area contributed by atoms with Gasteiger partial charge in [-0.3, -0.25) is 9.69 Å². The Kier molecular flexibility index (Phi) is 4.58. The monoisotopic (exact) mass is 312 g/mol. The second-order valence-corrected chi connectivity index (χ2v) is 7.69. The molecule has 0 aromatic heterocycles. The third-order valence-corrected chi connectivity index (χ3v) is 5.44. The standard InChI is InChI=1S/C20H28N2O/c1-15(13-16-7-5-4-6-8-16)14-22-11-9-17(10-12-22)18-20(2,3)19(23)21-18/h4-8,13,17-18H,9-12,14H2,1-3H3,(H,21,23)/b15-13+. The molecule has 0 radical (unpaired) electrons. The second-order valence-electron chi connectivity index (χ2n) is 7.69. The summed E-state index contributed by atoms with van der Waals surface area (Å²) in [6.07, 6.45) is 4.65. The fourth-order valence-electron chi connectivity index (χ4n) is 3.95. The Morgan fingerprint density at radius 1 is 1.26 bits per heavy atom. The minimum Gasteiger partial charge on any atom is -0.351 e. The summed E-state index contributed by atoms with van der Waals surface area (Å²) in [7, 11) is 0. The number of nitrogens with one attached hydrogen (secondary N) is 1. The van der Waals surface area contributed by atoms with Gasteiger partial charge in [-0.15, -0.1) is 0 Å². The van der Waals surface area contributed by atoms with E-state index in [9.17, 15) is 4.79 Å². The van der Waals surface area contributed by atoms with Crippen molar-refractivity contribution in [2.24, 2.45) is 11.3 Å². The number of nitrogens with zero attached hydrogens (tertiary/aromatic N) is 1. The number of hydrogen-bond donors (Lipinski definition) is 1. The van der Waals surface area contributed by atoms with E-state index in [4.69, 9.17) is 0 Å². The lowest BCUT2D eigenvalue weighted by atomic mass is 9.68. The van der Waals surface area contributed by atoms with Gasteiger partial charge >= 0.3 is 0 Å². The predicted molar refractivity (Wildman–Crippen MR) is 95.0 cm³/mol. The molecular weight excluding hydrogens is 284 g/mol. The third kappa shape index (κ3) is 3.50. The van der Waals surface area contributed by atoms with E-state index in [0.29, 0.717) is 12.0 Å². The lowest BCUT2D eigenvalue weighted by molar-refractivity contribution is -0.146. The van der Waals surface area contributed by atoms with Crippen LogP contribution in [0.15, 0.2) is 35.9 Å². The number of rotatable bonds is 4. The molecule has 2 aliphatic heterocycles. The zero-order valence-electron chi connectivity index (χ0n) is 14.5. The molecule has 0 aliphatic carbocycles. The minimum atomic E-state index is -0.171. The van der Waals surface area contributed by atoms with Gasteiger partial charge in [0.25, 0.3) is 0 Å². The van der Waals surface area contributed by atoms with Crippen LogP contribution in [0.1, 0.15) is 39.2 Å². The molecule has 1 aromatic rings. The van der Waals surface area contributed by atoms with Crippen LogP contribution in [0.5, 0.6) is 0 Å². The maximum Gasteiger partial charge on any atom is 0.228 e. The molecule has 1 unspecified atom stereocenters. The summed E-state index contributed by atoms with van der Waals surface area (Å²) in [6, 6.07) is 10.9. The van der Waals surface area contributed by atoms with Crippen molar-refractivity contribution in [3.05, 3.63) is 41.5 Å². The highest BCUT2D eigenvalue weighted by Gasteiger charge is 2.50. The molecule has 1 N–H and O–H groups in total. The van der Waals surface area contributed by atoms with Crippen LogP contribution >= 0.6 is 0 Å². The van der Waals surface area contributed by atoms with E-state index in [1.807, 2.05) is 0 Å². The molecule has 3 heteroatoms. The summed E-state index contributed by atoms with van der Waals surface area (Å²) in [4.78, 5) is 14.2. The summed E-state index contributed by atoms with van der Waals surface area (Å²) in [5.74, 6) is 0.851. The van der Waals surface area contributed by atoms with Crippen LogP contribution in [0.2, 0.25) is 0 Å². The first kappa shape index (κ1) is 16.3. The Balaban J connectivity index is 1.50. The highest BCUT2D eigenvalue weighted by atomic mass is 16.2. The Morgan fingerprint density at radius 3 is 2.48 bits per heavy atom. The average Bonchev–Trinajstić information content (AvgIpc) is 2.54. The lowest BCUT2D eigenvalue weighted by Crippen LogP contribution is -2.67.